The highest BCUT2D eigenvalue weighted by Crippen LogP contribution is 2.33. The number of aryl methyl sites for hydroxylation is 1. The number of hydrogen-bond donors (Lipinski definition) is 2. The molecule has 0 unspecified atom stereocenters. The lowest BCUT2D eigenvalue weighted by atomic mass is 10.2. The highest BCUT2D eigenvalue weighted by molar-refractivity contribution is 6.01. The normalized spacial score (nSPS) is 15.7. The van der Waals surface area contributed by atoms with Gasteiger partial charge in [0.25, 0.3) is 0 Å². The lowest BCUT2D eigenvalue weighted by Crippen LogP contribution is -2.37. The Kier molecular flexibility index (Phi) is 4.06. The Bertz CT molecular complexity index is 631. The van der Waals surface area contributed by atoms with Crippen LogP contribution in [0.25, 0.3) is 10.9 Å². The number of amides is 1. The minimum atomic E-state index is -0.625. The number of nitrogens with two attached hydrogens (primary N) is 1. The van der Waals surface area contributed by atoms with E-state index in [-0.39, 0.29) is 18.3 Å². The zero-order valence-electron chi connectivity index (χ0n) is 11.6. The van der Waals surface area contributed by atoms with E-state index in [4.69, 9.17) is 5.73 Å². The number of hydrogen-bond acceptors (Lipinski definition) is 2. The average Bonchev–Trinajstić information content (AvgIpc) is 3.03. The number of nitrogens with one attached hydrogen (secondary N) is 1. The summed E-state index contributed by atoms with van der Waals surface area (Å²) in [6.45, 7) is 3.14. The van der Waals surface area contributed by atoms with Gasteiger partial charge >= 0.3 is 0 Å². The lowest BCUT2D eigenvalue weighted by molar-refractivity contribution is -0.118. The molecule has 20 heavy (non-hydrogen) atoms. The van der Waals surface area contributed by atoms with Gasteiger partial charge in [-0.2, -0.15) is 0 Å². The smallest absolute Gasteiger partial charge is 0.244 e. The molecular weight excluding hydrogens is 274 g/mol. The maximum atomic E-state index is 11.9. The molecule has 4 nitrogen and oxygen atoms in total. The Balaban J connectivity index is 0.00000147. The Morgan fingerprint density at radius 2 is 2.15 bits per heavy atom. The summed E-state index contributed by atoms with van der Waals surface area (Å²) < 4.78 is 2.21. The van der Waals surface area contributed by atoms with Gasteiger partial charge in [-0.15, -0.1) is 12.4 Å². The number of carbonyl (C=O) groups excluding carboxylic acids is 1. The van der Waals surface area contributed by atoms with E-state index in [1.165, 1.54) is 5.39 Å². The van der Waals surface area contributed by atoms with Gasteiger partial charge in [-0.3, -0.25) is 4.79 Å². The average molecular weight is 294 g/mol. The van der Waals surface area contributed by atoms with Crippen molar-refractivity contribution in [2.75, 3.05) is 5.32 Å². The number of halogens is 1. The van der Waals surface area contributed by atoms with Crippen LogP contribution < -0.4 is 11.1 Å². The van der Waals surface area contributed by atoms with E-state index in [9.17, 15) is 4.79 Å². The Hall–Kier alpha value is -1.52. The van der Waals surface area contributed by atoms with Gasteiger partial charge in [-0.05, 0) is 42.8 Å². The maximum absolute atomic E-state index is 11.9. The van der Waals surface area contributed by atoms with Gasteiger partial charge in [0.05, 0.1) is 11.1 Å². The quantitative estimate of drug-likeness (QED) is 0.910. The molecule has 5 heteroatoms. The molecule has 1 saturated carbocycles. The summed E-state index contributed by atoms with van der Waals surface area (Å²) in [5, 5.41) is 4.11. The zero-order valence-corrected chi connectivity index (χ0v) is 12.4. The standard InChI is InChI=1S/C15H19N3O.ClH/c1-2-8-18-9-5-11-3-4-12(10-13(11)18)17-14(19)15(16)6-7-15;/h3-5,9-10H,2,6-8,16H2,1H3,(H,17,19);1H. The first-order chi connectivity index (χ1) is 9.12. The van der Waals surface area contributed by atoms with Gasteiger partial charge in [-0.1, -0.05) is 13.0 Å². The molecule has 0 saturated heterocycles. The number of carbonyl (C=O) groups is 1. The molecule has 2 aromatic rings. The second-order valence-electron chi connectivity index (χ2n) is 5.39. The molecular formula is C15H20ClN3O. The van der Waals surface area contributed by atoms with Crippen LogP contribution in [0.5, 0.6) is 0 Å². The van der Waals surface area contributed by atoms with Crippen LogP contribution in [-0.2, 0) is 11.3 Å². The van der Waals surface area contributed by atoms with Crippen molar-refractivity contribution >= 4 is 34.9 Å². The van der Waals surface area contributed by atoms with Crippen molar-refractivity contribution in [2.45, 2.75) is 38.3 Å². The fourth-order valence-corrected chi connectivity index (χ4v) is 2.31. The number of rotatable bonds is 4. The highest BCUT2D eigenvalue weighted by Gasteiger charge is 2.45. The topological polar surface area (TPSA) is 60.0 Å². The van der Waals surface area contributed by atoms with Crippen LogP contribution in [0.1, 0.15) is 26.2 Å². The first-order valence-corrected chi connectivity index (χ1v) is 6.82. The summed E-state index contributed by atoms with van der Waals surface area (Å²) in [4.78, 5) is 11.9. The molecule has 0 atom stereocenters. The van der Waals surface area contributed by atoms with Crippen LogP contribution >= 0.6 is 12.4 Å². The van der Waals surface area contributed by atoms with Crippen molar-refractivity contribution in [1.29, 1.82) is 0 Å². The molecule has 1 aromatic carbocycles. The molecule has 1 aliphatic rings. The molecule has 1 heterocycles. The van der Waals surface area contributed by atoms with E-state index >= 15 is 0 Å². The molecule has 0 radical (unpaired) electrons. The van der Waals surface area contributed by atoms with Crippen molar-refractivity contribution in [2.24, 2.45) is 5.73 Å². The largest absolute Gasteiger partial charge is 0.347 e. The molecule has 0 bridgehead atoms. The maximum Gasteiger partial charge on any atom is 0.244 e. The molecule has 3 rings (SSSR count). The number of anilines is 1. The molecule has 0 spiro atoms. The second kappa shape index (κ2) is 5.46. The third-order valence-electron chi connectivity index (χ3n) is 3.74. The fraction of sp³-hybridized carbons (Fsp3) is 0.400. The number of fused-ring (bicyclic) bond motifs is 1. The van der Waals surface area contributed by atoms with Gasteiger partial charge in [0.15, 0.2) is 0 Å². The molecule has 1 fully saturated rings. The molecule has 1 aromatic heterocycles. The summed E-state index contributed by atoms with van der Waals surface area (Å²) in [5.74, 6) is -0.0690. The van der Waals surface area contributed by atoms with Gasteiger partial charge in [0, 0.05) is 18.4 Å². The zero-order chi connectivity index (χ0) is 13.5. The number of nitrogens with zero attached hydrogens (tertiary/aromatic N) is 1. The van der Waals surface area contributed by atoms with Gasteiger partial charge < -0.3 is 15.6 Å². The summed E-state index contributed by atoms with van der Waals surface area (Å²) in [7, 11) is 0. The number of aromatic nitrogens is 1. The first kappa shape index (κ1) is 14.9. The van der Waals surface area contributed by atoms with Crippen LogP contribution in [0, 0.1) is 0 Å². The Morgan fingerprint density at radius 3 is 2.80 bits per heavy atom. The van der Waals surface area contributed by atoms with Gasteiger partial charge in [0.2, 0.25) is 5.91 Å². The second-order valence-corrected chi connectivity index (χ2v) is 5.39. The monoisotopic (exact) mass is 293 g/mol. The van der Waals surface area contributed by atoms with Gasteiger partial charge in [-0.25, -0.2) is 0 Å². The van der Waals surface area contributed by atoms with Crippen LogP contribution in [0.3, 0.4) is 0 Å². The van der Waals surface area contributed by atoms with Crippen LogP contribution in [0.4, 0.5) is 5.69 Å². The van der Waals surface area contributed by atoms with E-state index < -0.39 is 5.54 Å². The minimum absolute atomic E-state index is 0. The molecule has 108 valence electrons. The van der Waals surface area contributed by atoms with Crippen LogP contribution in [-0.4, -0.2) is 16.0 Å². The first-order valence-electron chi connectivity index (χ1n) is 6.82. The van der Waals surface area contributed by atoms with Crippen LogP contribution in [0.15, 0.2) is 30.5 Å². The van der Waals surface area contributed by atoms with E-state index in [1.807, 2.05) is 18.2 Å². The molecule has 1 amide bonds. The Morgan fingerprint density at radius 1 is 1.40 bits per heavy atom. The van der Waals surface area contributed by atoms with Crippen molar-refractivity contribution in [3.05, 3.63) is 30.5 Å². The highest BCUT2D eigenvalue weighted by atomic mass is 35.5. The SMILES string of the molecule is CCCn1ccc2ccc(NC(=O)C3(N)CC3)cc21.Cl. The third-order valence-corrected chi connectivity index (χ3v) is 3.74. The third kappa shape index (κ3) is 2.67. The van der Waals surface area contributed by atoms with E-state index in [2.05, 4.69) is 29.1 Å². The summed E-state index contributed by atoms with van der Waals surface area (Å²) in [6, 6.07) is 8.09. The predicted octanol–water partition coefficient (Wildman–Crippen LogP) is 2.90. The van der Waals surface area contributed by atoms with Crippen molar-refractivity contribution < 1.29 is 4.79 Å². The molecule has 1 aliphatic carbocycles. The lowest BCUT2D eigenvalue weighted by Gasteiger charge is -2.11. The fourth-order valence-electron chi connectivity index (χ4n) is 2.31. The van der Waals surface area contributed by atoms with E-state index in [0.29, 0.717) is 0 Å². The molecule has 3 N–H and O–H groups in total. The summed E-state index contributed by atoms with van der Waals surface area (Å²) in [5.41, 5.74) is 7.24. The molecule has 0 aliphatic heterocycles. The van der Waals surface area contributed by atoms with Crippen molar-refractivity contribution in [3.63, 3.8) is 0 Å². The summed E-state index contributed by atoms with van der Waals surface area (Å²) >= 11 is 0. The van der Waals surface area contributed by atoms with Crippen molar-refractivity contribution in [1.82, 2.24) is 4.57 Å². The summed E-state index contributed by atoms with van der Waals surface area (Å²) in [6.07, 6.45) is 4.75. The minimum Gasteiger partial charge on any atom is -0.347 e. The van der Waals surface area contributed by atoms with Crippen LogP contribution in [0.2, 0.25) is 0 Å². The Labute approximate surface area is 124 Å². The number of benzene rings is 1. The predicted molar refractivity (Wildman–Crippen MR) is 84.3 cm³/mol. The van der Waals surface area contributed by atoms with E-state index in [0.717, 1.165) is 37.0 Å². The van der Waals surface area contributed by atoms with Gasteiger partial charge in [0.1, 0.15) is 0 Å². The van der Waals surface area contributed by atoms with E-state index in [1.54, 1.807) is 0 Å². The van der Waals surface area contributed by atoms with Crippen molar-refractivity contribution in [3.8, 4) is 0 Å².